The summed E-state index contributed by atoms with van der Waals surface area (Å²) in [5.41, 5.74) is 7.16. The second-order valence-electron chi connectivity index (χ2n) is 4.17. The third kappa shape index (κ3) is 2.90. The number of rotatable bonds is 3. The molecule has 0 amide bonds. The number of benzene rings is 1. The Balaban J connectivity index is 1.99. The summed E-state index contributed by atoms with van der Waals surface area (Å²) in [5, 5.41) is 0.729. The van der Waals surface area contributed by atoms with Crippen LogP contribution in [0.5, 0.6) is 0 Å². The maximum Gasteiger partial charge on any atom is 0.141 e. The lowest BCUT2D eigenvalue weighted by Gasteiger charge is -2.18. The molecule has 0 saturated carbocycles. The van der Waals surface area contributed by atoms with E-state index in [1.54, 1.807) is 12.1 Å². The zero-order valence-corrected chi connectivity index (χ0v) is 10.5. The molecule has 2 unspecified atom stereocenters. The molecule has 2 atom stereocenters. The molecule has 1 aromatic rings. The van der Waals surface area contributed by atoms with Crippen molar-refractivity contribution >= 4 is 23.4 Å². The topological polar surface area (TPSA) is 26.0 Å². The van der Waals surface area contributed by atoms with Crippen LogP contribution in [-0.4, -0.2) is 17.0 Å². The summed E-state index contributed by atoms with van der Waals surface area (Å²) in [7, 11) is 0. The van der Waals surface area contributed by atoms with Gasteiger partial charge in [0, 0.05) is 11.3 Å². The zero-order chi connectivity index (χ0) is 11.5. The van der Waals surface area contributed by atoms with Gasteiger partial charge in [-0.2, -0.15) is 11.8 Å². The maximum atomic E-state index is 13.0. The van der Waals surface area contributed by atoms with Crippen LogP contribution in [0.25, 0.3) is 0 Å². The molecule has 0 spiro atoms. The van der Waals surface area contributed by atoms with Crippen LogP contribution in [0.4, 0.5) is 4.39 Å². The van der Waals surface area contributed by atoms with Gasteiger partial charge in [-0.05, 0) is 42.7 Å². The highest BCUT2D eigenvalue weighted by atomic mass is 35.5. The van der Waals surface area contributed by atoms with Gasteiger partial charge in [-0.1, -0.05) is 17.7 Å². The molecular weight excluding hydrogens is 245 g/mol. The van der Waals surface area contributed by atoms with E-state index < -0.39 is 0 Å². The van der Waals surface area contributed by atoms with E-state index in [1.807, 2.05) is 11.8 Å². The van der Waals surface area contributed by atoms with Crippen molar-refractivity contribution in [2.45, 2.75) is 30.6 Å². The molecule has 16 heavy (non-hydrogen) atoms. The third-order valence-corrected chi connectivity index (χ3v) is 4.73. The standard InChI is InChI=1S/C12H15ClFNS/c13-9-6-8(3-4-10(9)14)7-11(15)12-2-1-5-16-12/h3-4,6,11-12H,1-2,5,7,15H2. The molecule has 0 bridgehead atoms. The van der Waals surface area contributed by atoms with Gasteiger partial charge in [0.2, 0.25) is 0 Å². The predicted octanol–water partition coefficient (Wildman–Crippen LogP) is 3.24. The fourth-order valence-corrected chi connectivity index (χ4v) is 3.53. The van der Waals surface area contributed by atoms with Gasteiger partial charge in [-0.3, -0.25) is 0 Å². The summed E-state index contributed by atoms with van der Waals surface area (Å²) in [6.45, 7) is 0. The molecule has 4 heteroatoms. The first-order valence-corrected chi connectivity index (χ1v) is 6.90. The van der Waals surface area contributed by atoms with Crippen molar-refractivity contribution in [3.8, 4) is 0 Å². The molecule has 0 radical (unpaired) electrons. The summed E-state index contributed by atoms with van der Waals surface area (Å²) in [4.78, 5) is 0. The molecule has 1 aliphatic rings. The molecule has 1 saturated heterocycles. The molecule has 1 aromatic carbocycles. The molecule has 0 aliphatic carbocycles. The van der Waals surface area contributed by atoms with Gasteiger partial charge in [0.15, 0.2) is 0 Å². The highest BCUT2D eigenvalue weighted by molar-refractivity contribution is 8.00. The van der Waals surface area contributed by atoms with E-state index in [9.17, 15) is 4.39 Å². The quantitative estimate of drug-likeness (QED) is 0.902. The molecular formula is C12H15ClFNS. The Labute approximate surface area is 105 Å². The monoisotopic (exact) mass is 259 g/mol. The summed E-state index contributed by atoms with van der Waals surface area (Å²) in [5.74, 6) is 0.844. The van der Waals surface area contributed by atoms with E-state index >= 15 is 0 Å². The lowest BCUT2D eigenvalue weighted by Crippen LogP contribution is -2.33. The van der Waals surface area contributed by atoms with Crippen molar-refractivity contribution in [3.63, 3.8) is 0 Å². The van der Waals surface area contributed by atoms with E-state index in [0.29, 0.717) is 5.25 Å². The predicted molar refractivity (Wildman–Crippen MR) is 68.6 cm³/mol. The molecule has 2 N–H and O–H groups in total. The van der Waals surface area contributed by atoms with Gasteiger partial charge in [0.1, 0.15) is 5.82 Å². The lowest BCUT2D eigenvalue weighted by atomic mass is 10.0. The van der Waals surface area contributed by atoms with E-state index in [2.05, 4.69) is 0 Å². The average Bonchev–Trinajstić information content (AvgIpc) is 2.77. The number of nitrogens with two attached hydrogens (primary N) is 1. The molecule has 1 fully saturated rings. The fraction of sp³-hybridized carbons (Fsp3) is 0.500. The molecule has 2 rings (SSSR count). The summed E-state index contributed by atoms with van der Waals surface area (Å²) >= 11 is 7.68. The average molecular weight is 260 g/mol. The van der Waals surface area contributed by atoms with Gasteiger partial charge in [0.25, 0.3) is 0 Å². The SMILES string of the molecule is NC(Cc1ccc(F)c(Cl)c1)C1CCCS1. The first-order valence-electron chi connectivity index (χ1n) is 5.48. The summed E-state index contributed by atoms with van der Waals surface area (Å²) in [6, 6.07) is 5.00. The maximum absolute atomic E-state index is 13.0. The Morgan fingerprint density at radius 3 is 3.00 bits per heavy atom. The van der Waals surface area contributed by atoms with Gasteiger partial charge in [-0.25, -0.2) is 4.39 Å². The molecule has 0 aromatic heterocycles. The van der Waals surface area contributed by atoms with Crippen molar-refractivity contribution in [3.05, 3.63) is 34.6 Å². The minimum absolute atomic E-state index is 0.147. The van der Waals surface area contributed by atoms with Crippen LogP contribution in [0, 0.1) is 5.82 Å². The van der Waals surface area contributed by atoms with Crippen LogP contribution in [-0.2, 0) is 6.42 Å². The molecule has 1 aliphatic heterocycles. The number of thioether (sulfide) groups is 1. The first kappa shape index (κ1) is 12.2. The van der Waals surface area contributed by atoms with Gasteiger partial charge >= 0.3 is 0 Å². The van der Waals surface area contributed by atoms with Crippen molar-refractivity contribution in [1.82, 2.24) is 0 Å². The minimum atomic E-state index is -0.366. The Morgan fingerprint density at radius 2 is 2.38 bits per heavy atom. The van der Waals surface area contributed by atoms with Crippen molar-refractivity contribution < 1.29 is 4.39 Å². The zero-order valence-electron chi connectivity index (χ0n) is 8.96. The van der Waals surface area contributed by atoms with Crippen LogP contribution in [0.3, 0.4) is 0 Å². The second-order valence-corrected chi connectivity index (χ2v) is 5.92. The van der Waals surface area contributed by atoms with Crippen molar-refractivity contribution in [2.75, 3.05) is 5.75 Å². The van der Waals surface area contributed by atoms with Crippen LogP contribution < -0.4 is 5.73 Å². The van der Waals surface area contributed by atoms with Crippen LogP contribution >= 0.6 is 23.4 Å². The van der Waals surface area contributed by atoms with Crippen LogP contribution in [0.2, 0.25) is 5.02 Å². The number of hydrogen-bond donors (Lipinski definition) is 1. The largest absolute Gasteiger partial charge is 0.326 e. The van der Waals surface area contributed by atoms with Crippen LogP contribution in [0.1, 0.15) is 18.4 Å². The first-order chi connectivity index (χ1) is 7.66. The third-order valence-electron chi connectivity index (χ3n) is 2.90. The number of hydrogen-bond acceptors (Lipinski definition) is 2. The van der Waals surface area contributed by atoms with E-state index in [4.69, 9.17) is 17.3 Å². The minimum Gasteiger partial charge on any atom is -0.326 e. The van der Waals surface area contributed by atoms with Gasteiger partial charge in [-0.15, -0.1) is 0 Å². The Morgan fingerprint density at radius 1 is 1.56 bits per heavy atom. The van der Waals surface area contributed by atoms with E-state index in [0.717, 1.165) is 12.0 Å². The highest BCUT2D eigenvalue weighted by Gasteiger charge is 2.22. The van der Waals surface area contributed by atoms with Gasteiger partial charge in [0.05, 0.1) is 5.02 Å². The number of halogens is 2. The normalized spacial score (nSPS) is 22.3. The molecule has 1 heterocycles. The Hall–Kier alpha value is -0.250. The van der Waals surface area contributed by atoms with Crippen molar-refractivity contribution in [1.29, 1.82) is 0 Å². The summed E-state index contributed by atoms with van der Waals surface area (Å²) in [6.07, 6.45) is 3.23. The van der Waals surface area contributed by atoms with E-state index in [1.165, 1.54) is 24.7 Å². The summed E-state index contributed by atoms with van der Waals surface area (Å²) < 4.78 is 13.0. The smallest absolute Gasteiger partial charge is 0.141 e. The highest BCUT2D eigenvalue weighted by Crippen LogP contribution is 2.29. The van der Waals surface area contributed by atoms with Crippen LogP contribution in [0.15, 0.2) is 18.2 Å². The van der Waals surface area contributed by atoms with E-state index in [-0.39, 0.29) is 16.9 Å². The Bertz CT molecular complexity index is 366. The second kappa shape index (κ2) is 5.39. The van der Waals surface area contributed by atoms with Crippen molar-refractivity contribution in [2.24, 2.45) is 5.73 Å². The fourth-order valence-electron chi connectivity index (χ4n) is 2.01. The Kier molecular flexibility index (Phi) is 4.11. The molecule has 1 nitrogen and oxygen atoms in total. The molecule has 88 valence electrons. The van der Waals surface area contributed by atoms with Gasteiger partial charge < -0.3 is 5.73 Å². The lowest BCUT2D eigenvalue weighted by molar-refractivity contribution is 0.604.